The minimum atomic E-state index is -7.15. The van der Waals surface area contributed by atoms with Crippen LogP contribution in [0.4, 0.5) is 69.7 Å². The largest absolute Gasteiger partial charge is 0.436 e. The topological polar surface area (TPSA) is 95.6 Å². The van der Waals surface area contributed by atoms with Crippen molar-refractivity contribution in [3.05, 3.63) is 159 Å². The van der Waals surface area contributed by atoms with Crippen LogP contribution in [0.2, 0.25) is 0 Å². The van der Waals surface area contributed by atoms with Gasteiger partial charge in [-0.25, -0.2) is 18.1 Å². The summed E-state index contributed by atoms with van der Waals surface area (Å²) in [5.41, 5.74) is -19.6. The molecule has 20 heteroatoms. The lowest BCUT2D eigenvalue weighted by Crippen LogP contribution is -2.52. The summed E-state index contributed by atoms with van der Waals surface area (Å²) >= 11 is 2.33. The molecule has 314 valence electrons. The number of hydrogen-bond acceptors (Lipinski definition) is 6. The number of nitrogens with zero attached hydrogens (tertiary/aromatic N) is 1. The fraction of sp³-hybridized carbons (Fsp3) is 0.150. The van der Waals surface area contributed by atoms with Gasteiger partial charge in [-0.1, -0.05) is 88.7 Å². The Bertz CT molecular complexity index is 2310. The van der Waals surface area contributed by atoms with Crippen molar-refractivity contribution < 1.29 is 71.9 Å². The van der Waals surface area contributed by atoms with Crippen LogP contribution in [-0.4, -0.2) is 48.8 Å². The smallest absolute Gasteiger partial charge is 0.375 e. The summed E-state index contributed by atoms with van der Waals surface area (Å²) < 4.78 is 178. The molecule has 0 unspecified atom stereocenters. The molecule has 5 aromatic rings. The molecule has 0 aliphatic carbocycles. The highest BCUT2D eigenvalue weighted by molar-refractivity contribution is 9.10. The number of carbonyl (C=O) groups is 4. The van der Waals surface area contributed by atoms with E-state index in [0.29, 0.717) is 12.1 Å². The van der Waals surface area contributed by atoms with Gasteiger partial charge in [-0.3, -0.25) is 19.2 Å². The average Bonchev–Trinajstić information content (AvgIpc) is 3.19. The van der Waals surface area contributed by atoms with E-state index in [1.54, 1.807) is 12.1 Å². The van der Waals surface area contributed by atoms with Gasteiger partial charge in [-0.15, -0.1) is 0 Å². The molecule has 0 aliphatic heterocycles. The molecule has 0 fully saturated rings. The molecular weight excluding hydrogens is 894 g/mol. The molecule has 2 N–H and O–H groups in total. The Hall–Kier alpha value is -6.18. The molecule has 0 aromatic heterocycles. The zero-order chi connectivity index (χ0) is 44.4. The van der Waals surface area contributed by atoms with Crippen LogP contribution < -0.4 is 15.5 Å². The van der Waals surface area contributed by atoms with Gasteiger partial charge in [0.2, 0.25) is 0 Å². The monoisotopic (exact) mass is 917 g/mol. The van der Waals surface area contributed by atoms with Crippen molar-refractivity contribution in [1.29, 1.82) is 0 Å². The lowest BCUT2D eigenvalue weighted by atomic mass is 9.89. The number of anilines is 3. The molecule has 2 amide bonds. The van der Waals surface area contributed by atoms with Gasteiger partial charge in [0.05, 0.1) is 46.8 Å². The summed E-state index contributed by atoms with van der Waals surface area (Å²) in [7, 11) is 0. The number of benzene rings is 5. The number of alkyl halides is 10. The summed E-state index contributed by atoms with van der Waals surface area (Å²) in [5.74, 6) is -9.83. The van der Waals surface area contributed by atoms with E-state index >= 15 is 13.2 Å². The van der Waals surface area contributed by atoms with Crippen LogP contribution in [0.5, 0.6) is 0 Å². The number of ketones is 2. The quantitative estimate of drug-likeness (QED) is 0.0735. The highest BCUT2D eigenvalue weighted by atomic mass is 79.9. The minimum Gasteiger partial charge on any atom is -0.375 e. The zero-order valence-electron chi connectivity index (χ0n) is 29.8. The van der Waals surface area contributed by atoms with Gasteiger partial charge in [-0.05, 0) is 36.4 Å². The molecule has 0 radical (unpaired) electrons. The maximum Gasteiger partial charge on any atom is 0.436 e. The van der Waals surface area contributed by atoms with E-state index < -0.39 is 127 Å². The average molecular weight is 919 g/mol. The highest BCUT2D eigenvalue weighted by Gasteiger charge is 2.75. The van der Waals surface area contributed by atoms with Crippen molar-refractivity contribution in [2.75, 3.05) is 28.6 Å². The second-order valence-electron chi connectivity index (χ2n) is 12.6. The lowest BCUT2D eigenvalue weighted by Gasteiger charge is -2.35. The van der Waals surface area contributed by atoms with Crippen LogP contribution in [-0.2, 0) is 11.8 Å². The first-order valence-corrected chi connectivity index (χ1v) is 17.6. The number of amides is 2. The Morgan fingerprint density at radius 3 is 1.28 bits per heavy atom. The predicted octanol–water partition coefficient (Wildman–Crippen LogP) is 11.1. The van der Waals surface area contributed by atoms with Crippen molar-refractivity contribution in [2.24, 2.45) is 0 Å². The molecule has 5 rings (SSSR count). The summed E-state index contributed by atoms with van der Waals surface area (Å²) in [6, 6.07) is 18.2. The maximum atomic E-state index is 16.2. The second kappa shape index (κ2) is 17.2. The minimum absolute atomic E-state index is 0.101. The van der Waals surface area contributed by atoms with Crippen LogP contribution in [0.15, 0.2) is 114 Å². The molecule has 0 saturated heterocycles. The standard InChI is InChI=1S/C40H24BrF12N3O4/c41-23-17-26(37(44,39(48,49)50)40(51,52)53)34(27(18-23)38(45,46)47)56(35(59)24-13-7-15-28(32(24)42)54-19-30(57)21-9-3-1-4-10-21)36(60)25-14-8-16-29(33(25)43)55-20-31(58)22-11-5-2-6-12-22/h1-18,54-55H,19-20H2. The van der Waals surface area contributed by atoms with Crippen LogP contribution in [0.25, 0.3) is 0 Å². The summed E-state index contributed by atoms with van der Waals surface area (Å²) in [5, 5.41) is 4.59. The third-order valence-corrected chi connectivity index (χ3v) is 9.15. The Balaban J connectivity index is 1.75. The number of imide groups is 1. The van der Waals surface area contributed by atoms with Crippen molar-refractivity contribution in [3.63, 3.8) is 0 Å². The second-order valence-corrected chi connectivity index (χ2v) is 13.5. The number of nitrogens with one attached hydrogen (secondary N) is 2. The number of halogens is 13. The van der Waals surface area contributed by atoms with Crippen molar-refractivity contribution >= 4 is 56.4 Å². The van der Waals surface area contributed by atoms with Crippen molar-refractivity contribution in [3.8, 4) is 0 Å². The van der Waals surface area contributed by atoms with Crippen molar-refractivity contribution in [2.45, 2.75) is 24.2 Å². The predicted molar refractivity (Wildman–Crippen MR) is 197 cm³/mol. The van der Waals surface area contributed by atoms with Gasteiger partial charge in [0.15, 0.2) is 23.2 Å². The Labute approximate surface area is 339 Å². The van der Waals surface area contributed by atoms with Crippen molar-refractivity contribution in [1.82, 2.24) is 0 Å². The molecule has 0 bridgehead atoms. The van der Waals surface area contributed by atoms with E-state index in [9.17, 15) is 58.7 Å². The number of carbonyl (C=O) groups excluding carboxylic acids is 4. The molecule has 7 nitrogen and oxygen atoms in total. The summed E-state index contributed by atoms with van der Waals surface area (Å²) in [6.45, 7) is -1.43. The summed E-state index contributed by atoms with van der Waals surface area (Å²) in [6.07, 6.45) is -20.4. The molecule has 0 atom stereocenters. The van der Waals surface area contributed by atoms with Crippen LogP contribution in [0, 0.1) is 11.6 Å². The van der Waals surface area contributed by atoms with Gasteiger partial charge in [0.1, 0.15) is 0 Å². The molecule has 5 aromatic carbocycles. The fourth-order valence-corrected chi connectivity index (χ4v) is 6.25. The van der Waals surface area contributed by atoms with E-state index in [2.05, 4.69) is 26.6 Å². The molecule has 0 spiro atoms. The van der Waals surface area contributed by atoms with Gasteiger partial charge in [-0.2, -0.15) is 39.5 Å². The Kier molecular flexibility index (Phi) is 12.9. The number of rotatable bonds is 12. The number of hydrogen-bond donors (Lipinski definition) is 2. The fourth-order valence-electron chi connectivity index (χ4n) is 5.79. The third kappa shape index (κ3) is 9.02. The van der Waals surface area contributed by atoms with E-state index in [1.807, 2.05) is 0 Å². The first-order valence-electron chi connectivity index (χ1n) is 16.8. The van der Waals surface area contributed by atoms with E-state index in [-0.39, 0.29) is 17.2 Å². The molecule has 0 aliphatic rings. The Morgan fingerprint density at radius 2 is 0.917 bits per heavy atom. The summed E-state index contributed by atoms with van der Waals surface area (Å²) in [4.78, 5) is 52.9. The van der Waals surface area contributed by atoms with E-state index in [1.165, 1.54) is 48.5 Å². The van der Waals surface area contributed by atoms with Crippen LogP contribution >= 0.6 is 15.9 Å². The Morgan fingerprint density at radius 1 is 0.533 bits per heavy atom. The molecule has 0 saturated carbocycles. The van der Waals surface area contributed by atoms with Gasteiger partial charge in [0, 0.05) is 21.2 Å². The van der Waals surface area contributed by atoms with Gasteiger partial charge < -0.3 is 10.6 Å². The number of Topliss-reactive ketones (excluding diaryl/α,β-unsaturated/α-hetero) is 2. The third-order valence-electron chi connectivity index (χ3n) is 8.69. The maximum absolute atomic E-state index is 16.2. The van der Waals surface area contributed by atoms with Crippen LogP contribution in [0.1, 0.15) is 52.6 Å². The zero-order valence-corrected chi connectivity index (χ0v) is 31.4. The first-order chi connectivity index (χ1) is 28.0. The van der Waals surface area contributed by atoms with Crippen LogP contribution in [0.3, 0.4) is 0 Å². The first kappa shape index (κ1) is 44.9. The molecule has 0 heterocycles. The van der Waals surface area contributed by atoms with E-state index in [4.69, 9.17) is 0 Å². The van der Waals surface area contributed by atoms with E-state index in [0.717, 1.165) is 24.3 Å². The SMILES string of the molecule is O=C(CNc1cccc(C(=O)N(C(=O)c2cccc(NCC(=O)c3ccccc3)c2F)c2c(C(F)(F)F)cc(Br)cc2C(F)(C(F)(F)F)C(F)(F)F)c1F)c1ccccc1. The lowest BCUT2D eigenvalue weighted by molar-refractivity contribution is -0.348. The van der Waals surface area contributed by atoms with Gasteiger partial charge in [0.25, 0.3) is 11.8 Å². The molecular formula is C40H24BrF12N3O4. The molecule has 60 heavy (non-hydrogen) atoms. The normalized spacial score (nSPS) is 12.2. The highest BCUT2D eigenvalue weighted by Crippen LogP contribution is 2.58. The van der Waals surface area contributed by atoms with Gasteiger partial charge >= 0.3 is 24.2 Å².